The maximum absolute atomic E-state index is 12.3. The molecule has 20 heavy (non-hydrogen) atoms. The van der Waals surface area contributed by atoms with Crippen LogP contribution in [0.3, 0.4) is 0 Å². The zero-order chi connectivity index (χ0) is 14.2. The second-order valence-corrected chi connectivity index (χ2v) is 7.82. The van der Waals surface area contributed by atoms with E-state index < -0.39 is 21.1 Å². The molecule has 2 aliphatic heterocycles. The highest BCUT2D eigenvalue weighted by atomic mass is 32.2. The van der Waals surface area contributed by atoms with Gasteiger partial charge in [0.05, 0.1) is 23.7 Å². The molecule has 0 amide bonds. The van der Waals surface area contributed by atoms with Crippen molar-refractivity contribution < 1.29 is 13.2 Å². The minimum atomic E-state index is -3.10. The van der Waals surface area contributed by atoms with Gasteiger partial charge in [-0.2, -0.15) is 0 Å². The van der Waals surface area contributed by atoms with Crippen LogP contribution in [-0.4, -0.2) is 26.0 Å². The van der Waals surface area contributed by atoms with Crippen molar-refractivity contribution in [1.82, 2.24) is 5.43 Å². The molecule has 1 saturated heterocycles. The molecule has 2 unspecified atom stereocenters. The van der Waals surface area contributed by atoms with Crippen molar-refractivity contribution in [2.45, 2.75) is 37.0 Å². The lowest BCUT2D eigenvalue weighted by Crippen LogP contribution is -2.43. The number of sulfone groups is 1. The topological polar surface area (TPSA) is 81.4 Å². The summed E-state index contributed by atoms with van der Waals surface area (Å²) in [4.78, 5) is 0. The van der Waals surface area contributed by atoms with Gasteiger partial charge in [0, 0.05) is 12.0 Å². The quantitative estimate of drug-likeness (QED) is 0.644. The Morgan fingerprint density at radius 1 is 1.35 bits per heavy atom. The second kappa shape index (κ2) is 5.35. The Labute approximate surface area is 119 Å². The Kier molecular flexibility index (Phi) is 3.70. The van der Waals surface area contributed by atoms with Gasteiger partial charge in [-0.05, 0) is 18.4 Å². The number of rotatable bonds is 3. The zero-order valence-corrected chi connectivity index (χ0v) is 12.2. The first kappa shape index (κ1) is 13.9. The maximum Gasteiger partial charge on any atom is 0.155 e. The molecule has 0 bridgehead atoms. The third-order valence-electron chi connectivity index (χ3n) is 4.26. The summed E-state index contributed by atoms with van der Waals surface area (Å²) in [6.45, 7) is 0.654. The fraction of sp³-hybridized carbons (Fsp3) is 0.571. The minimum Gasteiger partial charge on any atom is -0.493 e. The normalized spacial score (nSPS) is 25.8. The van der Waals surface area contributed by atoms with E-state index in [0.717, 1.165) is 36.1 Å². The van der Waals surface area contributed by atoms with Gasteiger partial charge in [0.2, 0.25) is 0 Å². The van der Waals surface area contributed by atoms with Crippen LogP contribution in [0.4, 0.5) is 0 Å². The highest BCUT2D eigenvalue weighted by Gasteiger charge is 2.37. The van der Waals surface area contributed by atoms with Crippen molar-refractivity contribution in [3.63, 3.8) is 0 Å². The molecule has 110 valence electrons. The molecule has 0 aromatic heterocycles. The van der Waals surface area contributed by atoms with Crippen LogP contribution in [0, 0.1) is 0 Å². The van der Waals surface area contributed by atoms with Crippen molar-refractivity contribution in [3.05, 3.63) is 29.3 Å². The summed E-state index contributed by atoms with van der Waals surface area (Å²) in [6, 6.07) is 5.49. The van der Waals surface area contributed by atoms with E-state index in [0.29, 0.717) is 13.0 Å². The number of fused-ring (bicyclic) bond motifs is 1. The van der Waals surface area contributed by atoms with Crippen molar-refractivity contribution >= 4 is 9.84 Å². The average molecular weight is 296 g/mol. The molecule has 1 aromatic rings. The lowest BCUT2D eigenvalue weighted by molar-refractivity contribution is 0.345. The van der Waals surface area contributed by atoms with Crippen LogP contribution in [0.15, 0.2) is 18.2 Å². The molecule has 1 fully saturated rings. The van der Waals surface area contributed by atoms with E-state index >= 15 is 0 Å². The van der Waals surface area contributed by atoms with E-state index in [4.69, 9.17) is 10.6 Å². The third kappa shape index (κ3) is 2.32. The number of benzene rings is 1. The van der Waals surface area contributed by atoms with Crippen LogP contribution in [0.1, 0.15) is 36.4 Å². The van der Waals surface area contributed by atoms with E-state index in [9.17, 15) is 8.42 Å². The SMILES string of the molecule is NNC(c1cccc2c1OCC2)C1CCCCS1(=O)=O. The Hall–Kier alpha value is -1.11. The van der Waals surface area contributed by atoms with Gasteiger partial charge in [0.15, 0.2) is 9.84 Å². The molecule has 1 aromatic carbocycles. The van der Waals surface area contributed by atoms with E-state index in [1.54, 1.807) is 0 Å². The Morgan fingerprint density at radius 2 is 2.20 bits per heavy atom. The smallest absolute Gasteiger partial charge is 0.155 e. The van der Waals surface area contributed by atoms with Gasteiger partial charge in [0.25, 0.3) is 0 Å². The van der Waals surface area contributed by atoms with Crippen LogP contribution in [0.25, 0.3) is 0 Å². The predicted molar refractivity (Wildman–Crippen MR) is 77.1 cm³/mol. The standard InChI is InChI=1S/C14H20N2O3S/c15-16-13(12-6-1-2-9-20(12,17)18)11-5-3-4-10-7-8-19-14(10)11/h3-5,12-13,16H,1-2,6-9,15H2. The molecule has 2 atom stereocenters. The van der Waals surface area contributed by atoms with Crippen molar-refractivity contribution in [1.29, 1.82) is 0 Å². The molecule has 3 rings (SSSR count). The van der Waals surface area contributed by atoms with Crippen LogP contribution in [0.2, 0.25) is 0 Å². The highest BCUT2D eigenvalue weighted by molar-refractivity contribution is 7.92. The number of ether oxygens (including phenoxy) is 1. The van der Waals surface area contributed by atoms with E-state index in [1.807, 2.05) is 18.2 Å². The fourth-order valence-electron chi connectivity index (χ4n) is 3.24. The van der Waals surface area contributed by atoms with Gasteiger partial charge < -0.3 is 4.74 Å². The highest BCUT2D eigenvalue weighted by Crippen LogP contribution is 2.38. The molecule has 2 heterocycles. The van der Waals surface area contributed by atoms with Crippen LogP contribution >= 0.6 is 0 Å². The molecular weight excluding hydrogens is 276 g/mol. The minimum absolute atomic E-state index is 0.256. The van der Waals surface area contributed by atoms with E-state index in [1.165, 1.54) is 0 Å². The van der Waals surface area contributed by atoms with Gasteiger partial charge in [-0.3, -0.25) is 11.3 Å². The fourth-order valence-corrected chi connectivity index (χ4v) is 5.31. The summed E-state index contributed by atoms with van der Waals surface area (Å²) >= 11 is 0. The van der Waals surface area contributed by atoms with Crippen LogP contribution in [-0.2, 0) is 16.3 Å². The first-order valence-electron chi connectivity index (χ1n) is 7.06. The number of hydrazine groups is 1. The number of hydrogen-bond acceptors (Lipinski definition) is 5. The van der Waals surface area contributed by atoms with Gasteiger partial charge >= 0.3 is 0 Å². The summed E-state index contributed by atoms with van der Waals surface area (Å²) in [5.41, 5.74) is 4.72. The van der Waals surface area contributed by atoms with Gasteiger partial charge in [-0.25, -0.2) is 8.42 Å². The summed E-state index contributed by atoms with van der Waals surface area (Å²) in [5, 5.41) is -0.461. The summed E-state index contributed by atoms with van der Waals surface area (Å²) in [5.74, 6) is 6.75. The van der Waals surface area contributed by atoms with Crippen molar-refractivity contribution in [3.8, 4) is 5.75 Å². The molecule has 0 radical (unpaired) electrons. The van der Waals surface area contributed by atoms with Crippen LogP contribution < -0.4 is 16.0 Å². The van der Waals surface area contributed by atoms with Gasteiger partial charge in [-0.1, -0.05) is 24.6 Å². The van der Waals surface area contributed by atoms with Crippen LogP contribution in [0.5, 0.6) is 5.75 Å². The van der Waals surface area contributed by atoms with Gasteiger partial charge in [-0.15, -0.1) is 0 Å². The zero-order valence-electron chi connectivity index (χ0n) is 11.3. The molecule has 0 spiro atoms. The summed E-state index contributed by atoms with van der Waals surface area (Å²) in [6.07, 6.45) is 3.20. The van der Waals surface area contributed by atoms with Crippen molar-refractivity contribution in [2.24, 2.45) is 5.84 Å². The number of nitrogens with two attached hydrogens (primary N) is 1. The molecule has 6 heteroatoms. The third-order valence-corrected chi connectivity index (χ3v) is 6.55. The molecule has 0 saturated carbocycles. The summed E-state index contributed by atoms with van der Waals surface area (Å²) < 4.78 is 30.3. The first-order chi connectivity index (χ1) is 9.63. The van der Waals surface area contributed by atoms with Gasteiger partial charge in [0.1, 0.15) is 5.75 Å². The lowest BCUT2D eigenvalue weighted by atomic mass is 9.97. The lowest BCUT2D eigenvalue weighted by Gasteiger charge is -2.30. The number of para-hydroxylation sites is 1. The molecule has 2 aliphatic rings. The maximum atomic E-state index is 12.3. The van der Waals surface area contributed by atoms with E-state index in [2.05, 4.69) is 5.43 Å². The molecule has 5 nitrogen and oxygen atoms in total. The first-order valence-corrected chi connectivity index (χ1v) is 8.77. The largest absolute Gasteiger partial charge is 0.493 e. The van der Waals surface area contributed by atoms with E-state index in [-0.39, 0.29) is 5.75 Å². The Morgan fingerprint density at radius 3 is 2.95 bits per heavy atom. The number of nitrogens with one attached hydrogen (secondary N) is 1. The molecule has 0 aliphatic carbocycles. The predicted octanol–water partition coefficient (Wildman–Crippen LogP) is 1.09. The molecule has 3 N–H and O–H groups in total. The van der Waals surface area contributed by atoms with Crippen molar-refractivity contribution in [2.75, 3.05) is 12.4 Å². The Bertz CT molecular complexity index is 600. The average Bonchev–Trinajstić information content (AvgIpc) is 2.90. The summed E-state index contributed by atoms with van der Waals surface area (Å²) in [7, 11) is -3.10. The molecular formula is C14H20N2O3S. The Balaban J connectivity index is 2.00. The second-order valence-electron chi connectivity index (χ2n) is 5.48. The monoisotopic (exact) mass is 296 g/mol. The number of hydrogen-bond donors (Lipinski definition) is 2.